The van der Waals surface area contributed by atoms with Gasteiger partial charge in [0.2, 0.25) is 0 Å². The van der Waals surface area contributed by atoms with E-state index in [4.69, 9.17) is 23.8 Å². The first-order valence-corrected chi connectivity index (χ1v) is 8.49. The van der Waals surface area contributed by atoms with E-state index in [0.717, 1.165) is 11.1 Å². The molecule has 0 radical (unpaired) electrons. The average molecular weight is 378 g/mol. The molecule has 25 heavy (non-hydrogen) atoms. The van der Waals surface area contributed by atoms with Gasteiger partial charge in [-0.1, -0.05) is 37.6 Å². The molecule has 7 heteroatoms. The standard InChI is InChI=1S/C18H20ClN3O2S/c1-10(2)14-6-4-11(3)16(17(14)24)21-18(25)22-20-9-12-8-13(19)5-7-15(12)23/h4-10,23-24H,1-3H3,(H2,21,22,25). The van der Waals surface area contributed by atoms with E-state index in [2.05, 4.69) is 15.8 Å². The van der Waals surface area contributed by atoms with Gasteiger partial charge in [-0.25, -0.2) is 0 Å². The van der Waals surface area contributed by atoms with Crippen molar-refractivity contribution >= 4 is 40.8 Å². The number of rotatable bonds is 4. The van der Waals surface area contributed by atoms with Gasteiger partial charge in [-0.05, 0) is 54.4 Å². The lowest BCUT2D eigenvalue weighted by atomic mass is 9.99. The number of halogens is 1. The molecule has 0 spiro atoms. The van der Waals surface area contributed by atoms with Crippen LogP contribution < -0.4 is 10.7 Å². The van der Waals surface area contributed by atoms with Gasteiger partial charge in [0.15, 0.2) is 5.11 Å². The van der Waals surface area contributed by atoms with Crippen molar-refractivity contribution in [1.82, 2.24) is 5.43 Å². The number of hydrazone groups is 1. The summed E-state index contributed by atoms with van der Waals surface area (Å²) in [5.74, 6) is 0.425. The van der Waals surface area contributed by atoms with Crippen molar-refractivity contribution < 1.29 is 10.2 Å². The first kappa shape index (κ1) is 19.0. The molecule has 2 aromatic rings. The highest BCUT2D eigenvalue weighted by atomic mass is 35.5. The van der Waals surface area contributed by atoms with Gasteiger partial charge < -0.3 is 15.5 Å². The Labute approximate surface area is 157 Å². The highest BCUT2D eigenvalue weighted by Crippen LogP contribution is 2.35. The summed E-state index contributed by atoms with van der Waals surface area (Å²) in [4.78, 5) is 0. The van der Waals surface area contributed by atoms with Crippen LogP contribution in [0, 0.1) is 6.92 Å². The SMILES string of the molecule is Cc1ccc(C(C)C)c(O)c1NC(=S)NN=Cc1cc(Cl)ccc1O. The van der Waals surface area contributed by atoms with Crippen molar-refractivity contribution in [2.24, 2.45) is 5.10 Å². The van der Waals surface area contributed by atoms with E-state index in [0.29, 0.717) is 16.3 Å². The molecule has 132 valence electrons. The van der Waals surface area contributed by atoms with E-state index >= 15 is 0 Å². The molecule has 2 rings (SSSR count). The van der Waals surface area contributed by atoms with Gasteiger partial charge in [-0.3, -0.25) is 5.43 Å². The van der Waals surface area contributed by atoms with Crippen molar-refractivity contribution in [2.75, 3.05) is 5.32 Å². The van der Waals surface area contributed by atoms with Crippen LogP contribution in [0.3, 0.4) is 0 Å². The summed E-state index contributed by atoms with van der Waals surface area (Å²) < 4.78 is 0. The van der Waals surface area contributed by atoms with Crippen molar-refractivity contribution in [3.05, 3.63) is 52.0 Å². The zero-order valence-electron chi connectivity index (χ0n) is 14.2. The van der Waals surface area contributed by atoms with Crippen LogP contribution in [0.5, 0.6) is 11.5 Å². The molecule has 0 aliphatic heterocycles. The second-order valence-electron chi connectivity index (χ2n) is 5.88. The lowest BCUT2D eigenvalue weighted by Crippen LogP contribution is -2.24. The molecule has 0 fully saturated rings. The Morgan fingerprint density at radius 3 is 2.64 bits per heavy atom. The number of nitrogens with one attached hydrogen (secondary N) is 2. The third kappa shape index (κ3) is 4.84. The fraction of sp³-hybridized carbons (Fsp3) is 0.222. The van der Waals surface area contributed by atoms with Gasteiger partial charge in [-0.15, -0.1) is 0 Å². The lowest BCUT2D eigenvalue weighted by molar-refractivity contribution is 0.467. The van der Waals surface area contributed by atoms with E-state index in [-0.39, 0.29) is 22.5 Å². The smallest absolute Gasteiger partial charge is 0.191 e. The molecule has 0 aromatic heterocycles. The number of hydrogen-bond donors (Lipinski definition) is 4. The molecule has 4 N–H and O–H groups in total. The van der Waals surface area contributed by atoms with Gasteiger partial charge in [0.05, 0.1) is 11.9 Å². The van der Waals surface area contributed by atoms with Crippen molar-refractivity contribution in [1.29, 1.82) is 0 Å². The Morgan fingerprint density at radius 2 is 1.96 bits per heavy atom. The Morgan fingerprint density at radius 1 is 1.24 bits per heavy atom. The zero-order valence-corrected chi connectivity index (χ0v) is 15.7. The Hall–Kier alpha value is -2.31. The van der Waals surface area contributed by atoms with Crippen LogP contribution in [0.25, 0.3) is 0 Å². The minimum atomic E-state index is 0.0620. The molecule has 0 bridgehead atoms. The average Bonchev–Trinajstić information content (AvgIpc) is 2.54. The molecule has 0 saturated heterocycles. The summed E-state index contributed by atoms with van der Waals surface area (Å²) in [5, 5.41) is 27.8. The number of aryl methyl sites for hydroxylation is 1. The maximum absolute atomic E-state index is 10.4. The molecule has 0 unspecified atom stereocenters. The minimum Gasteiger partial charge on any atom is -0.507 e. The summed E-state index contributed by atoms with van der Waals surface area (Å²) in [6.45, 7) is 5.89. The van der Waals surface area contributed by atoms with Gasteiger partial charge in [0.25, 0.3) is 0 Å². The van der Waals surface area contributed by atoms with E-state index in [9.17, 15) is 10.2 Å². The minimum absolute atomic E-state index is 0.0620. The number of phenols is 2. The molecule has 0 aliphatic carbocycles. The predicted octanol–water partition coefficient (Wildman–Crippen LogP) is 4.50. The van der Waals surface area contributed by atoms with Crippen LogP contribution in [-0.4, -0.2) is 21.5 Å². The van der Waals surface area contributed by atoms with Crippen LogP contribution in [0.1, 0.15) is 36.5 Å². The van der Waals surface area contributed by atoms with E-state index in [1.54, 1.807) is 12.1 Å². The first-order valence-electron chi connectivity index (χ1n) is 7.70. The van der Waals surface area contributed by atoms with Gasteiger partial charge >= 0.3 is 0 Å². The highest BCUT2D eigenvalue weighted by Gasteiger charge is 2.13. The second kappa shape index (κ2) is 8.18. The summed E-state index contributed by atoms with van der Waals surface area (Å²) in [6.07, 6.45) is 1.41. The van der Waals surface area contributed by atoms with Gasteiger partial charge in [-0.2, -0.15) is 5.10 Å². The third-order valence-corrected chi connectivity index (χ3v) is 4.07. The summed E-state index contributed by atoms with van der Waals surface area (Å²) in [6, 6.07) is 8.48. The van der Waals surface area contributed by atoms with Crippen molar-refractivity contribution in [3.8, 4) is 11.5 Å². The summed E-state index contributed by atoms with van der Waals surface area (Å²) >= 11 is 11.1. The number of hydrogen-bond acceptors (Lipinski definition) is 4. The number of nitrogens with zero attached hydrogens (tertiary/aromatic N) is 1. The van der Waals surface area contributed by atoms with E-state index in [1.807, 2.05) is 32.9 Å². The first-order chi connectivity index (χ1) is 11.8. The predicted molar refractivity (Wildman–Crippen MR) is 107 cm³/mol. The lowest BCUT2D eigenvalue weighted by Gasteiger charge is -2.16. The summed E-state index contributed by atoms with van der Waals surface area (Å²) in [5.41, 5.74) is 5.36. The van der Waals surface area contributed by atoms with Crippen LogP contribution in [0.15, 0.2) is 35.4 Å². The maximum Gasteiger partial charge on any atom is 0.191 e. The molecule has 0 amide bonds. The summed E-state index contributed by atoms with van der Waals surface area (Å²) in [7, 11) is 0. The zero-order chi connectivity index (χ0) is 18.6. The molecule has 0 aliphatic rings. The molecular formula is C18H20ClN3O2S. The van der Waals surface area contributed by atoms with Crippen LogP contribution in [-0.2, 0) is 0 Å². The quantitative estimate of drug-likeness (QED) is 0.273. The fourth-order valence-corrected chi connectivity index (χ4v) is 2.60. The Kier molecular flexibility index (Phi) is 6.22. The molecular weight excluding hydrogens is 358 g/mol. The highest BCUT2D eigenvalue weighted by molar-refractivity contribution is 7.80. The number of phenolic OH excluding ortho intramolecular Hbond substituents is 2. The monoisotopic (exact) mass is 377 g/mol. The van der Waals surface area contributed by atoms with E-state index in [1.165, 1.54) is 12.3 Å². The van der Waals surface area contributed by atoms with Gasteiger partial charge in [0, 0.05) is 10.6 Å². The normalized spacial score (nSPS) is 11.1. The topological polar surface area (TPSA) is 76.9 Å². The number of thiocarbonyl (C=S) groups is 1. The van der Waals surface area contributed by atoms with Crippen LogP contribution >= 0.6 is 23.8 Å². The number of benzene rings is 2. The second-order valence-corrected chi connectivity index (χ2v) is 6.72. The van der Waals surface area contributed by atoms with Crippen LogP contribution in [0.4, 0.5) is 5.69 Å². The maximum atomic E-state index is 10.4. The molecule has 0 heterocycles. The number of aromatic hydroxyl groups is 2. The molecule has 2 aromatic carbocycles. The third-order valence-electron chi connectivity index (χ3n) is 3.64. The molecule has 5 nitrogen and oxygen atoms in total. The Balaban J connectivity index is 2.09. The van der Waals surface area contributed by atoms with Crippen LogP contribution in [0.2, 0.25) is 5.02 Å². The van der Waals surface area contributed by atoms with Gasteiger partial charge in [0.1, 0.15) is 11.5 Å². The Bertz CT molecular complexity index is 822. The molecule has 0 saturated carbocycles. The van der Waals surface area contributed by atoms with E-state index < -0.39 is 0 Å². The largest absolute Gasteiger partial charge is 0.507 e. The van der Waals surface area contributed by atoms with Crippen molar-refractivity contribution in [2.45, 2.75) is 26.7 Å². The molecule has 0 atom stereocenters. The fourth-order valence-electron chi connectivity index (χ4n) is 2.26. The van der Waals surface area contributed by atoms with Crippen molar-refractivity contribution in [3.63, 3.8) is 0 Å². The number of anilines is 1.